The molecule has 0 aromatic heterocycles. The van der Waals surface area contributed by atoms with Crippen LogP contribution in [0.25, 0.3) is 0 Å². The van der Waals surface area contributed by atoms with Gasteiger partial charge < -0.3 is 10.6 Å². The van der Waals surface area contributed by atoms with Gasteiger partial charge in [-0.05, 0) is 31.7 Å². The van der Waals surface area contributed by atoms with Crippen LogP contribution in [0.4, 0.5) is 0 Å². The van der Waals surface area contributed by atoms with Crippen LogP contribution >= 0.6 is 12.4 Å². The summed E-state index contributed by atoms with van der Waals surface area (Å²) in [6.07, 6.45) is 1.77. The first-order valence-electron chi connectivity index (χ1n) is 6.45. The summed E-state index contributed by atoms with van der Waals surface area (Å²) in [6, 6.07) is 0.356. The van der Waals surface area contributed by atoms with Gasteiger partial charge in [-0.2, -0.15) is 0 Å². The quantitative estimate of drug-likeness (QED) is 0.708. The molecule has 0 rings (SSSR count). The van der Waals surface area contributed by atoms with Gasteiger partial charge in [0, 0.05) is 19.0 Å². The molecule has 0 aliphatic heterocycles. The van der Waals surface area contributed by atoms with Crippen LogP contribution in [0.2, 0.25) is 0 Å². The van der Waals surface area contributed by atoms with Crippen LogP contribution in [-0.4, -0.2) is 25.0 Å². The van der Waals surface area contributed by atoms with Crippen LogP contribution in [0, 0.1) is 11.8 Å². The van der Waals surface area contributed by atoms with Crippen LogP contribution in [-0.2, 0) is 4.79 Å². The van der Waals surface area contributed by atoms with Crippen molar-refractivity contribution in [3.63, 3.8) is 0 Å². The summed E-state index contributed by atoms with van der Waals surface area (Å²) in [5.41, 5.74) is 0. The Morgan fingerprint density at radius 3 is 2.24 bits per heavy atom. The predicted octanol–water partition coefficient (Wildman–Crippen LogP) is 2.59. The third-order valence-corrected chi connectivity index (χ3v) is 2.57. The molecule has 0 radical (unpaired) electrons. The van der Waals surface area contributed by atoms with Crippen LogP contribution in [0.15, 0.2) is 0 Å². The van der Waals surface area contributed by atoms with Gasteiger partial charge >= 0.3 is 0 Å². The molecule has 2 atom stereocenters. The zero-order valence-corrected chi connectivity index (χ0v) is 12.7. The molecule has 0 aliphatic carbocycles. The number of halogens is 1. The van der Waals surface area contributed by atoms with Gasteiger partial charge in [0.2, 0.25) is 5.91 Å². The third-order valence-electron chi connectivity index (χ3n) is 2.57. The number of hydrogen-bond donors (Lipinski definition) is 2. The maximum atomic E-state index is 11.6. The summed E-state index contributed by atoms with van der Waals surface area (Å²) in [4.78, 5) is 11.6. The highest BCUT2D eigenvalue weighted by Gasteiger charge is 2.11. The van der Waals surface area contributed by atoms with Crippen molar-refractivity contribution < 1.29 is 4.79 Å². The van der Waals surface area contributed by atoms with Gasteiger partial charge in [0.05, 0.1) is 0 Å². The highest BCUT2D eigenvalue weighted by atomic mass is 35.5. The molecule has 0 fully saturated rings. The van der Waals surface area contributed by atoms with Crippen molar-refractivity contribution in [2.24, 2.45) is 11.8 Å². The van der Waals surface area contributed by atoms with Crippen molar-refractivity contribution in [1.82, 2.24) is 10.6 Å². The zero-order chi connectivity index (χ0) is 12.6. The lowest BCUT2D eigenvalue weighted by molar-refractivity contribution is -0.122. The number of hydrogen-bond acceptors (Lipinski definition) is 2. The van der Waals surface area contributed by atoms with E-state index in [1.165, 1.54) is 0 Å². The van der Waals surface area contributed by atoms with Gasteiger partial charge in [0.25, 0.3) is 0 Å². The second-order valence-corrected chi connectivity index (χ2v) is 5.20. The fraction of sp³-hybridized carbons (Fsp3) is 0.923. The summed E-state index contributed by atoms with van der Waals surface area (Å²) in [5, 5.41) is 6.24. The van der Waals surface area contributed by atoms with Crippen molar-refractivity contribution >= 4 is 18.3 Å². The van der Waals surface area contributed by atoms with Crippen LogP contribution < -0.4 is 10.6 Å². The molecule has 0 spiro atoms. The van der Waals surface area contributed by atoms with Gasteiger partial charge in [-0.1, -0.05) is 27.7 Å². The van der Waals surface area contributed by atoms with E-state index in [9.17, 15) is 4.79 Å². The molecule has 0 heterocycles. The number of carbonyl (C=O) groups is 1. The Balaban J connectivity index is 0. The normalized spacial score (nSPS) is 14.0. The monoisotopic (exact) mass is 264 g/mol. The molecule has 0 saturated heterocycles. The van der Waals surface area contributed by atoms with Crippen molar-refractivity contribution in [1.29, 1.82) is 0 Å². The molecular weight excluding hydrogens is 236 g/mol. The van der Waals surface area contributed by atoms with Crippen molar-refractivity contribution in [2.45, 2.75) is 53.5 Å². The summed E-state index contributed by atoms with van der Waals surface area (Å²) in [5.74, 6) is 1.33. The van der Waals surface area contributed by atoms with E-state index in [1.807, 2.05) is 0 Å². The summed E-state index contributed by atoms with van der Waals surface area (Å²) in [6.45, 7) is 12.4. The summed E-state index contributed by atoms with van der Waals surface area (Å²) < 4.78 is 0. The van der Waals surface area contributed by atoms with E-state index in [1.54, 1.807) is 0 Å². The predicted molar refractivity (Wildman–Crippen MR) is 76.6 cm³/mol. The smallest absolute Gasteiger partial charge is 0.220 e. The number of likely N-dealkylation sites (N-methyl/N-ethyl adjacent to an activating group) is 1. The molecule has 1 unspecified atom stereocenters. The lowest BCUT2D eigenvalue weighted by Gasteiger charge is -2.16. The number of nitrogens with one attached hydrogen (secondary N) is 2. The standard InChI is InChI=1S/C13H28N2O.ClH/c1-6-14-12(5)9-15-13(16)8-11(4)7-10(2)3;/h10-12,14H,6-9H2,1-5H3,(H,15,16);1H/t11?,12-;/m1./s1. The van der Waals surface area contributed by atoms with Gasteiger partial charge in [-0.25, -0.2) is 0 Å². The second-order valence-electron chi connectivity index (χ2n) is 5.20. The van der Waals surface area contributed by atoms with E-state index in [-0.39, 0.29) is 18.3 Å². The highest BCUT2D eigenvalue weighted by Crippen LogP contribution is 2.13. The molecule has 104 valence electrons. The van der Waals surface area contributed by atoms with E-state index in [4.69, 9.17) is 0 Å². The van der Waals surface area contributed by atoms with E-state index in [0.29, 0.717) is 24.3 Å². The molecule has 1 amide bonds. The maximum absolute atomic E-state index is 11.6. The molecule has 0 bridgehead atoms. The van der Waals surface area contributed by atoms with Gasteiger partial charge in [-0.3, -0.25) is 4.79 Å². The molecule has 4 heteroatoms. The Labute approximate surface area is 113 Å². The third kappa shape index (κ3) is 12.0. The van der Waals surface area contributed by atoms with Gasteiger partial charge in [-0.15, -0.1) is 12.4 Å². The highest BCUT2D eigenvalue weighted by molar-refractivity contribution is 5.85. The first kappa shape index (κ1) is 19.1. The minimum absolute atomic E-state index is 0. The summed E-state index contributed by atoms with van der Waals surface area (Å²) in [7, 11) is 0. The van der Waals surface area contributed by atoms with E-state index < -0.39 is 0 Å². The molecular formula is C13H29ClN2O. The van der Waals surface area contributed by atoms with Crippen LogP contribution in [0.3, 0.4) is 0 Å². The Hall–Kier alpha value is -0.280. The van der Waals surface area contributed by atoms with Crippen LogP contribution in [0.5, 0.6) is 0 Å². The average molecular weight is 265 g/mol. The molecule has 17 heavy (non-hydrogen) atoms. The fourth-order valence-corrected chi connectivity index (χ4v) is 1.96. The van der Waals surface area contributed by atoms with E-state index >= 15 is 0 Å². The van der Waals surface area contributed by atoms with Gasteiger partial charge in [0.1, 0.15) is 0 Å². The summed E-state index contributed by atoms with van der Waals surface area (Å²) >= 11 is 0. The second kappa shape index (κ2) is 10.8. The number of rotatable bonds is 8. The van der Waals surface area contributed by atoms with Crippen LogP contribution in [0.1, 0.15) is 47.5 Å². The minimum atomic E-state index is 0. The molecule has 3 nitrogen and oxygen atoms in total. The minimum Gasteiger partial charge on any atom is -0.355 e. The Morgan fingerprint density at radius 2 is 1.76 bits per heavy atom. The topological polar surface area (TPSA) is 41.1 Å². The molecule has 0 aromatic rings. The van der Waals surface area contributed by atoms with Crippen molar-refractivity contribution in [2.75, 3.05) is 13.1 Å². The first-order chi connectivity index (χ1) is 7.45. The number of amides is 1. The Bertz CT molecular complexity index is 198. The van der Waals surface area contributed by atoms with Gasteiger partial charge in [0.15, 0.2) is 0 Å². The molecule has 0 aromatic carbocycles. The SMILES string of the molecule is CCN[C@H](C)CNC(=O)CC(C)CC(C)C.Cl. The first-order valence-corrected chi connectivity index (χ1v) is 6.45. The lowest BCUT2D eigenvalue weighted by atomic mass is 9.96. The maximum Gasteiger partial charge on any atom is 0.220 e. The van der Waals surface area contributed by atoms with Crippen molar-refractivity contribution in [3.8, 4) is 0 Å². The van der Waals surface area contributed by atoms with E-state index in [0.717, 1.165) is 19.5 Å². The lowest BCUT2D eigenvalue weighted by Crippen LogP contribution is -2.39. The number of carbonyl (C=O) groups excluding carboxylic acids is 1. The molecule has 0 aliphatic rings. The molecule has 0 saturated carbocycles. The zero-order valence-electron chi connectivity index (χ0n) is 11.9. The fourth-order valence-electron chi connectivity index (χ4n) is 1.96. The van der Waals surface area contributed by atoms with Crippen molar-refractivity contribution in [3.05, 3.63) is 0 Å². The largest absolute Gasteiger partial charge is 0.355 e. The van der Waals surface area contributed by atoms with E-state index in [2.05, 4.69) is 45.3 Å². The Morgan fingerprint density at radius 1 is 1.18 bits per heavy atom. The Kier molecular flexibility index (Phi) is 12.2. The average Bonchev–Trinajstić information content (AvgIpc) is 2.13. The molecule has 2 N–H and O–H groups in total.